The Kier molecular flexibility index (Phi) is 6.32. The lowest BCUT2D eigenvalue weighted by molar-refractivity contribution is 0.133. The number of aromatic nitrogens is 2. The summed E-state index contributed by atoms with van der Waals surface area (Å²) in [6.45, 7) is 6.67. The van der Waals surface area contributed by atoms with Crippen LogP contribution in [0.1, 0.15) is 73.3 Å². The van der Waals surface area contributed by atoms with Crippen LogP contribution in [0, 0.1) is 0 Å². The Labute approximate surface area is 184 Å². The average Bonchev–Trinajstić information content (AvgIpc) is 2.73. The summed E-state index contributed by atoms with van der Waals surface area (Å²) >= 11 is 0. The molecule has 0 spiro atoms. The molecule has 3 heterocycles. The first-order valence-corrected chi connectivity index (χ1v) is 13.0. The van der Waals surface area contributed by atoms with Crippen molar-refractivity contribution in [2.45, 2.75) is 64.6 Å². The van der Waals surface area contributed by atoms with E-state index >= 15 is 0 Å². The van der Waals surface area contributed by atoms with Crippen molar-refractivity contribution in [2.75, 3.05) is 19.3 Å². The van der Waals surface area contributed by atoms with Crippen LogP contribution in [0.5, 0.6) is 0 Å². The van der Waals surface area contributed by atoms with Crippen LogP contribution in [-0.2, 0) is 29.5 Å². The number of H-pyrrole nitrogens is 1. The maximum Gasteiger partial charge on any atom is 0.255 e. The number of benzene rings is 1. The van der Waals surface area contributed by atoms with Gasteiger partial charge < -0.3 is 4.98 Å². The fourth-order valence-electron chi connectivity index (χ4n) is 4.59. The second kappa shape index (κ2) is 8.84. The van der Waals surface area contributed by atoms with Gasteiger partial charge in [-0.3, -0.25) is 9.69 Å². The monoisotopic (exact) mass is 444 g/mol. The zero-order chi connectivity index (χ0) is 22.2. The molecule has 0 radical (unpaired) electrons. The molecule has 4 rings (SSSR count). The molecule has 0 saturated carbocycles. The van der Waals surface area contributed by atoms with Gasteiger partial charge in [-0.1, -0.05) is 44.5 Å². The van der Waals surface area contributed by atoms with Crippen LogP contribution in [0.15, 0.2) is 29.1 Å². The van der Waals surface area contributed by atoms with E-state index in [0.717, 1.165) is 43.9 Å². The Hall–Kier alpha value is -2.03. The second-order valence-corrected chi connectivity index (χ2v) is 11.1. The van der Waals surface area contributed by atoms with Crippen LogP contribution in [0.2, 0.25) is 0 Å². The first-order valence-electron chi connectivity index (χ1n) is 11.1. The molecule has 1 atom stereocenters. The molecule has 1 fully saturated rings. The number of aromatic amines is 1. The number of fused-ring (bicyclic) bond motifs is 1. The SMILES string of the molecule is CC(C)c1ccc(CN2CCCCC2c2nc3c(c(=O)[nH]2)CN(S(C)(=O)=O)CC3)cc1. The fourth-order valence-corrected chi connectivity index (χ4v) is 5.38. The number of likely N-dealkylation sites (tertiary alicyclic amines) is 1. The van der Waals surface area contributed by atoms with Crippen LogP contribution in [0.25, 0.3) is 0 Å². The topological polar surface area (TPSA) is 86.4 Å². The minimum atomic E-state index is -3.32. The van der Waals surface area contributed by atoms with Crippen molar-refractivity contribution in [3.8, 4) is 0 Å². The van der Waals surface area contributed by atoms with E-state index in [-0.39, 0.29) is 18.1 Å². The number of sulfonamides is 1. The summed E-state index contributed by atoms with van der Waals surface area (Å²) < 4.78 is 25.1. The number of rotatable bonds is 5. The van der Waals surface area contributed by atoms with Crippen molar-refractivity contribution in [3.63, 3.8) is 0 Å². The molecule has 2 aromatic rings. The quantitative estimate of drug-likeness (QED) is 0.766. The predicted molar refractivity (Wildman–Crippen MR) is 121 cm³/mol. The van der Waals surface area contributed by atoms with Gasteiger partial charge in [0.1, 0.15) is 5.82 Å². The lowest BCUT2D eigenvalue weighted by atomic mass is 9.98. The van der Waals surface area contributed by atoms with Crippen LogP contribution in [0.4, 0.5) is 0 Å². The molecule has 168 valence electrons. The van der Waals surface area contributed by atoms with Gasteiger partial charge in [-0.2, -0.15) is 4.31 Å². The predicted octanol–water partition coefficient (Wildman–Crippen LogP) is 2.94. The normalized spacial score (nSPS) is 20.7. The largest absolute Gasteiger partial charge is 0.309 e. The molecule has 1 unspecified atom stereocenters. The van der Waals surface area contributed by atoms with Crippen LogP contribution >= 0.6 is 0 Å². The molecule has 2 aliphatic rings. The van der Waals surface area contributed by atoms with E-state index in [2.05, 4.69) is 48.0 Å². The first-order chi connectivity index (χ1) is 14.7. The third-order valence-electron chi connectivity index (χ3n) is 6.48. The van der Waals surface area contributed by atoms with Gasteiger partial charge in [0.2, 0.25) is 10.0 Å². The van der Waals surface area contributed by atoms with E-state index in [4.69, 9.17) is 4.98 Å². The van der Waals surface area contributed by atoms with Crippen LogP contribution in [0.3, 0.4) is 0 Å². The van der Waals surface area contributed by atoms with Crippen molar-refractivity contribution in [2.24, 2.45) is 0 Å². The maximum atomic E-state index is 12.8. The molecular formula is C23H32N4O3S. The molecular weight excluding hydrogens is 412 g/mol. The van der Waals surface area contributed by atoms with E-state index in [1.54, 1.807) is 0 Å². The first kappa shape index (κ1) is 22.2. The highest BCUT2D eigenvalue weighted by Crippen LogP contribution is 2.31. The molecule has 7 nitrogen and oxygen atoms in total. The molecule has 0 amide bonds. The van der Waals surface area contributed by atoms with Crippen molar-refractivity contribution < 1.29 is 8.42 Å². The lowest BCUT2D eigenvalue weighted by Gasteiger charge is -2.35. The molecule has 1 aromatic heterocycles. The minimum absolute atomic E-state index is 0.0736. The van der Waals surface area contributed by atoms with Crippen molar-refractivity contribution >= 4 is 10.0 Å². The molecule has 1 N–H and O–H groups in total. The van der Waals surface area contributed by atoms with Gasteiger partial charge in [-0.15, -0.1) is 0 Å². The highest BCUT2D eigenvalue weighted by Gasteiger charge is 2.30. The van der Waals surface area contributed by atoms with E-state index in [9.17, 15) is 13.2 Å². The minimum Gasteiger partial charge on any atom is -0.309 e. The Morgan fingerprint density at radius 1 is 1.16 bits per heavy atom. The van der Waals surface area contributed by atoms with Crippen molar-refractivity contribution in [3.05, 3.63) is 62.8 Å². The van der Waals surface area contributed by atoms with Crippen molar-refractivity contribution in [1.82, 2.24) is 19.2 Å². The Balaban J connectivity index is 1.57. The highest BCUT2D eigenvalue weighted by atomic mass is 32.2. The lowest BCUT2D eigenvalue weighted by Crippen LogP contribution is -2.40. The van der Waals surface area contributed by atoms with E-state index < -0.39 is 10.0 Å². The standard InChI is InChI=1S/C23H32N4O3S/c1-16(2)18-9-7-17(8-10-18)14-26-12-5-4-6-21(26)22-24-20-11-13-27(31(3,29)30)15-19(20)23(28)25-22/h7-10,16,21H,4-6,11-15H2,1-3H3,(H,24,25,28). The van der Waals surface area contributed by atoms with Gasteiger partial charge in [0.15, 0.2) is 0 Å². The number of hydrogen-bond acceptors (Lipinski definition) is 5. The van der Waals surface area contributed by atoms with Gasteiger partial charge in [-0.25, -0.2) is 13.4 Å². The summed E-state index contributed by atoms with van der Waals surface area (Å²) in [6, 6.07) is 8.87. The molecule has 0 bridgehead atoms. The number of nitrogens with one attached hydrogen (secondary N) is 1. The van der Waals surface area contributed by atoms with E-state index in [1.165, 1.54) is 21.7 Å². The number of piperidine rings is 1. The van der Waals surface area contributed by atoms with Crippen molar-refractivity contribution in [1.29, 1.82) is 0 Å². The third-order valence-corrected chi connectivity index (χ3v) is 7.73. The zero-order valence-electron chi connectivity index (χ0n) is 18.6. The summed E-state index contributed by atoms with van der Waals surface area (Å²) in [4.78, 5) is 23.0. The van der Waals surface area contributed by atoms with Gasteiger partial charge >= 0.3 is 0 Å². The van der Waals surface area contributed by atoms with Gasteiger partial charge in [0.05, 0.1) is 23.6 Å². The van der Waals surface area contributed by atoms with Gasteiger partial charge in [-0.05, 0) is 36.4 Å². The Bertz CT molecular complexity index is 1090. The Morgan fingerprint density at radius 3 is 2.58 bits per heavy atom. The maximum absolute atomic E-state index is 12.8. The number of nitrogens with zero attached hydrogens (tertiary/aromatic N) is 3. The summed E-state index contributed by atoms with van der Waals surface area (Å²) in [7, 11) is -3.32. The second-order valence-electron chi connectivity index (χ2n) is 9.10. The van der Waals surface area contributed by atoms with E-state index in [1.807, 2.05) is 0 Å². The van der Waals surface area contributed by atoms with Gasteiger partial charge in [0, 0.05) is 26.1 Å². The molecule has 1 saturated heterocycles. The van der Waals surface area contributed by atoms with Crippen LogP contribution < -0.4 is 5.56 Å². The zero-order valence-corrected chi connectivity index (χ0v) is 19.4. The Morgan fingerprint density at radius 2 is 1.90 bits per heavy atom. The molecule has 8 heteroatoms. The summed E-state index contributed by atoms with van der Waals surface area (Å²) in [5, 5.41) is 0. The van der Waals surface area contributed by atoms with Crippen LogP contribution in [-0.4, -0.2) is 46.9 Å². The highest BCUT2D eigenvalue weighted by molar-refractivity contribution is 7.88. The van der Waals surface area contributed by atoms with Gasteiger partial charge in [0.25, 0.3) is 5.56 Å². The molecule has 1 aromatic carbocycles. The number of hydrogen-bond donors (Lipinski definition) is 1. The molecule has 0 aliphatic carbocycles. The summed E-state index contributed by atoms with van der Waals surface area (Å²) in [6.07, 6.45) is 4.86. The average molecular weight is 445 g/mol. The fraction of sp³-hybridized carbons (Fsp3) is 0.565. The smallest absolute Gasteiger partial charge is 0.255 e. The van der Waals surface area contributed by atoms with E-state index in [0.29, 0.717) is 24.4 Å². The molecule has 2 aliphatic heterocycles. The third kappa shape index (κ3) is 4.91. The summed E-state index contributed by atoms with van der Waals surface area (Å²) in [5.74, 6) is 1.23. The molecule has 31 heavy (non-hydrogen) atoms. The summed E-state index contributed by atoms with van der Waals surface area (Å²) in [5.41, 5.74) is 3.61.